The van der Waals surface area contributed by atoms with Crippen LogP contribution in [0.1, 0.15) is 17.3 Å². The second-order valence-electron chi connectivity index (χ2n) is 3.36. The van der Waals surface area contributed by atoms with E-state index >= 15 is 0 Å². The highest BCUT2D eigenvalue weighted by molar-refractivity contribution is 5.43. The third-order valence-corrected chi connectivity index (χ3v) is 2.28. The van der Waals surface area contributed by atoms with Gasteiger partial charge in [0.15, 0.2) is 0 Å². The molecule has 82 valence electrons. The van der Waals surface area contributed by atoms with E-state index in [1.54, 1.807) is 18.3 Å². The van der Waals surface area contributed by atoms with E-state index in [-0.39, 0.29) is 0 Å². The highest BCUT2D eigenvalue weighted by Gasteiger charge is 2.13. The zero-order valence-electron chi connectivity index (χ0n) is 8.47. The molecular formula is C11H11FN4. The van der Waals surface area contributed by atoms with E-state index in [0.717, 1.165) is 6.20 Å². The average molecular weight is 218 g/mol. The molecule has 0 aliphatic carbocycles. The van der Waals surface area contributed by atoms with Crippen LogP contribution < -0.4 is 11.5 Å². The molecule has 0 aliphatic rings. The van der Waals surface area contributed by atoms with Gasteiger partial charge in [-0.15, -0.1) is 0 Å². The van der Waals surface area contributed by atoms with Crippen molar-refractivity contribution in [2.75, 3.05) is 5.73 Å². The van der Waals surface area contributed by atoms with Gasteiger partial charge in [0.1, 0.15) is 11.6 Å². The van der Waals surface area contributed by atoms with Crippen LogP contribution in [-0.4, -0.2) is 9.97 Å². The highest BCUT2D eigenvalue weighted by Crippen LogP contribution is 2.21. The molecule has 16 heavy (non-hydrogen) atoms. The number of nitrogens with two attached hydrogens (primary N) is 2. The summed E-state index contributed by atoms with van der Waals surface area (Å²) in [6.07, 6.45) is 2.71. The Morgan fingerprint density at radius 1 is 1.19 bits per heavy atom. The van der Waals surface area contributed by atoms with Crippen LogP contribution >= 0.6 is 0 Å². The monoisotopic (exact) mass is 218 g/mol. The van der Waals surface area contributed by atoms with E-state index in [2.05, 4.69) is 9.97 Å². The quantitative estimate of drug-likeness (QED) is 0.795. The molecule has 0 saturated carbocycles. The Kier molecular flexibility index (Phi) is 2.78. The van der Waals surface area contributed by atoms with Gasteiger partial charge in [-0.1, -0.05) is 6.07 Å². The summed E-state index contributed by atoms with van der Waals surface area (Å²) >= 11 is 0. The number of hydrogen-bond donors (Lipinski definition) is 2. The van der Waals surface area contributed by atoms with Gasteiger partial charge >= 0.3 is 0 Å². The lowest BCUT2D eigenvalue weighted by molar-refractivity contribution is 0.617. The molecule has 0 radical (unpaired) electrons. The number of anilines is 1. The number of hydrogen-bond acceptors (Lipinski definition) is 4. The fraction of sp³-hybridized carbons (Fsp3) is 0.0909. The molecule has 2 aromatic rings. The lowest BCUT2D eigenvalue weighted by Crippen LogP contribution is -2.15. The summed E-state index contributed by atoms with van der Waals surface area (Å²) in [4.78, 5) is 7.85. The first-order valence-corrected chi connectivity index (χ1v) is 4.76. The minimum Gasteiger partial charge on any atom is -0.383 e. The molecule has 0 saturated heterocycles. The lowest BCUT2D eigenvalue weighted by Gasteiger charge is -2.12. The molecule has 1 atom stereocenters. The third kappa shape index (κ3) is 1.99. The van der Waals surface area contributed by atoms with Crippen LogP contribution in [0.5, 0.6) is 0 Å². The zero-order chi connectivity index (χ0) is 11.5. The zero-order valence-corrected chi connectivity index (χ0v) is 8.47. The Bertz CT molecular complexity index is 484. The predicted octanol–water partition coefficient (Wildman–Crippen LogP) is 1.25. The molecule has 2 aromatic heterocycles. The van der Waals surface area contributed by atoms with Crippen molar-refractivity contribution in [1.29, 1.82) is 0 Å². The number of nitrogen functional groups attached to an aromatic ring is 1. The van der Waals surface area contributed by atoms with Crippen LogP contribution in [0.25, 0.3) is 0 Å². The van der Waals surface area contributed by atoms with Crippen molar-refractivity contribution < 1.29 is 4.39 Å². The molecule has 0 amide bonds. The normalized spacial score (nSPS) is 12.4. The van der Waals surface area contributed by atoms with E-state index in [4.69, 9.17) is 11.5 Å². The maximum absolute atomic E-state index is 12.7. The maximum Gasteiger partial charge on any atom is 0.141 e. The largest absolute Gasteiger partial charge is 0.383 e. The fourth-order valence-corrected chi connectivity index (χ4v) is 1.42. The molecule has 2 rings (SSSR count). The molecule has 0 aliphatic heterocycles. The minimum absolute atomic E-state index is 0.362. The molecular weight excluding hydrogens is 207 g/mol. The summed E-state index contributed by atoms with van der Waals surface area (Å²) in [6, 6.07) is 5.88. The van der Waals surface area contributed by atoms with E-state index in [0.29, 0.717) is 17.1 Å². The first-order valence-electron chi connectivity index (χ1n) is 4.76. The summed E-state index contributed by atoms with van der Waals surface area (Å²) in [7, 11) is 0. The van der Waals surface area contributed by atoms with E-state index in [9.17, 15) is 4.39 Å². The van der Waals surface area contributed by atoms with Gasteiger partial charge in [-0.05, 0) is 18.2 Å². The van der Waals surface area contributed by atoms with Gasteiger partial charge in [0, 0.05) is 11.8 Å². The Morgan fingerprint density at radius 3 is 2.62 bits per heavy atom. The maximum atomic E-state index is 12.7. The second kappa shape index (κ2) is 4.24. The summed E-state index contributed by atoms with van der Waals surface area (Å²) in [5, 5.41) is 0. The molecule has 4 nitrogen and oxygen atoms in total. The predicted molar refractivity (Wildman–Crippen MR) is 58.9 cm³/mol. The molecule has 0 fully saturated rings. The Balaban J connectivity index is 2.35. The van der Waals surface area contributed by atoms with Crippen LogP contribution in [0, 0.1) is 5.82 Å². The molecule has 0 aromatic carbocycles. The number of halogens is 1. The summed E-state index contributed by atoms with van der Waals surface area (Å²) in [5.74, 6) is -0.0313. The van der Waals surface area contributed by atoms with Crippen molar-refractivity contribution in [2.24, 2.45) is 5.73 Å². The van der Waals surface area contributed by atoms with Gasteiger partial charge in [0.25, 0.3) is 0 Å². The van der Waals surface area contributed by atoms with E-state index in [1.807, 2.05) is 0 Å². The van der Waals surface area contributed by atoms with Gasteiger partial charge in [-0.2, -0.15) is 0 Å². The van der Waals surface area contributed by atoms with Gasteiger partial charge < -0.3 is 11.5 Å². The summed E-state index contributed by atoms with van der Waals surface area (Å²) in [6.45, 7) is 0. The van der Waals surface area contributed by atoms with Crippen LogP contribution in [0.4, 0.5) is 10.2 Å². The van der Waals surface area contributed by atoms with Gasteiger partial charge in [-0.3, -0.25) is 4.98 Å². The van der Waals surface area contributed by atoms with E-state index < -0.39 is 11.9 Å². The first kappa shape index (κ1) is 10.5. The standard InChI is InChI=1S/C11H11FN4/c12-7-3-4-9(16-6-7)10(13)8-2-1-5-15-11(8)14/h1-6,10H,13H2,(H2,14,15). The Hall–Kier alpha value is -2.01. The molecule has 4 N–H and O–H groups in total. The molecule has 1 unspecified atom stereocenters. The minimum atomic E-state index is -0.491. The number of rotatable bonds is 2. The third-order valence-electron chi connectivity index (χ3n) is 2.28. The smallest absolute Gasteiger partial charge is 0.141 e. The Morgan fingerprint density at radius 2 is 2.00 bits per heavy atom. The van der Waals surface area contributed by atoms with Crippen LogP contribution in [0.2, 0.25) is 0 Å². The molecule has 0 bridgehead atoms. The van der Waals surface area contributed by atoms with Gasteiger partial charge in [-0.25, -0.2) is 9.37 Å². The van der Waals surface area contributed by atoms with Crippen LogP contribution in [-0.2, 0) is 0 Å². The van der Waals surface area contributed by atoms with Crippen molar-refractivity contribution in [2.45, 2.75) is 6.04 Å². The van der Waals surface area contributed by atoms with Crippen molar-refractivity contribution in [3.05, 3.63) is 53.7 Å². The summed E-state index contributed by atoms with van der Waals surface area (Å²) < 4.78 is 12.7. The number of aromatic nitrogens is 2. The first-order chi connectivity index (χ1) is 7.68. The van der Waals surface area contributed by atoms with Crippen LogP contribution in [0.3, 0.4) is 0 Å². The fourth-order valence-electron chi connectivity index (χ4n) is 1.42. The van der Waals surface area contributed by atoms with Crippen molar-refractivity contribution in [3.8, 4) is 0 Å². The van der Waals surface area contributed by atoms with Crippen molar-refractivity contribution in [1.82, 2.24) is 9.97 Å². The SMILES string of the molecule is Nc1ncccc1C(N)c1ccc(F)cn1. The lowest BCUT2D eigenvalue weighted by atomic mass is 10.1. The van der Waals surface area contributed by atoms with Gasteiger partial charge in [0.05, 0.1) is 17.9 Å². The molecule has 5 heteroatoms. The van der Waals surface area contributed by atoms with Gasteiger partial charge in [0.2, 0.25) is 0 Å². The molecule has 0 spiro atoms. The number of nitrogens with zero attached hydrogens (tertiary/aromatic N) is 2. The van der Waals surface area contributed by atoms with Crippen LogP contribution in [0.15, 0.2) is 36.7 Å². The Labute approximate surface area is 92.1 Å². The topological polar surface area (TPSA) is 77.8 Å². The van der Waals surface area contributed by atoms with Crippen molar-refractivity contribution >= 4 is 5.82 Å². The van der Waals surface area contributed by atoms with E-state index in [1.165, 1.54) is 12.1 Å². The van der Waals surface area contributed by atoms with Crippen molar-refractivity contribution in [3.63, 3.8) is 0 Å². The average Bonchev–Trinajstić information content (AvgIpc) is 2.30. The highest BCUT2D eigenvalue weighted by atomic mass is 19.1. The molecule has 2 heterocycles. The second-order valence-corrected chi connectivity index (χ2v) is 3.36. The summed E-state index contributed by atoms with van der Waals surface area (Å²) in [5.41, 5.74) is 12.9. The number of pyridine rings is 2.